The number of hydrogen-bond acceptors (Lipinski definition) is 5. The number of benzene rings is 1. The molecule has 0 radical (unpaired) electrons. The van der Waals surface area contributed by atoms with Crippen LogP contribution in [0, 0.1) is 0 Å². The predicted octanol–water partition coefficient (Wildman–Crippen LogP) is 4.34. The highest BCUT2D eigenvalue weighted by Gasteiger charge is 2.69. The van der Waals surface area contributed by atoms with Crippen LogP contribution in [0.25, 0.3) is 17.1 Å². The van der Waals surface area contributed by atoms with Gasteiger partial charge in [-0.05, 0) is 30.5 Å². The van der Waals surface area contributed by atoms with Crippen molar-refractivity contribution < 1.29 is 17.9 Å². The molecular formula is C17H11F3N4OS. The molecule has 0 fully saturated rings. The number of hydrazone groups is 1. The first kappa shape index (κ1) is 15.4. The second-order valence-corrected chi connectivity index (χ2v) is 6.93. The molecule has 132 valence electrons. The van der Waals surface area contributed by atoms with E-state index in [-0.39, 0.29) is 11.7 Å². The quantitative estimate of drug-likeness (QED) is 0.635. The minimum Gasteiger partial charge on any atom is -0.420 e. The van der Waals surface area contributed by atoms with Crippen molar-refractivity contribution in [2.75, 3.05) is 0 Å². The van der Waals surface area contributed by atoms with Crippen molar-refractivity contribution in [3.63, 3.8) is 0 Å². The van der Waals surface area contributed by atoms with Crippen LogP contribution < -0.4 is 0 Å². The molecule has 0 amide bonds. The zero-order chi connectivity index (χ0) is 18.1. The lowest BCUT2D eigenvalue weighted by Crippen LogP contribution is -2.58. The fourth-order valence-electron chi connectivity index (χ4n) is 3.33. The average molecular weight is 376 g/mol. The summed E-state index contributed by atoms with van der Waals surface area (Å²) in [6.45, 7) is 1.56. The second-order valence-electron chi connectivity index (χ2n) is 5.98. The van der Waals surface area contributed by atoms with Crippen LogP contribution in [-0.2, 0) is 10.6 Å². The van der Waals surface area contributed by atoms with E-state index in [9.17, 15) is 13.2 Å². The molecule has 0 aliphatic carbocycles. The van der Waals surface area contributed by atoms with Crippen LogP contribution in [-0.4, -0.2) is 26.6 Å². The van der Waals surface area contributed by atoms with Crippen molar-refractivity contribution in [1.29, 1.82) is 0 Å². The Labute approximate surface area is 149 Å². The highest BCUT2D eigenvalue weighted by molar-refractivity contribution is 7.12. The number of allylic oxidation sites excluding steroid dienone is 1. The van der Waals surface area contributed by atoms with Gasteiger partial charge in [-0.1, -0.05) is 18.2 Å². The number of fused-ring (bicyclic) bond motifs is 5. The van der Waals surface area contributed by atoms with Crippen molar-refractivity contribution in [2.24, 2.45) is 5.10 Å². The summed E-state index contributed by atoms with van der Waals surface area (Å²) in [4.78, 5) is 4.87. The smallest absolute Gasteiger partial charge is 0.420 e. The molecule has 26 heavy (non-hydrogen) atoms. The molecule has 1 unspecified atom stereocenters. The van der Waals surface area contributed by atoms with Crippen LogP contribution in [0.4, 0.5) is 13.2 Å². The molecule has 1 aromatic carbocycles. The van der Waals surface area contributed by atoms with Gasteiger partial charge in [0.2, 0.25) is 0 Å². The maximum Gasteiger partial charge on any atom is 0.474 e. The Morgan fingerprint density at radius 1 is 1.15 bits per heavy atom. The maximum absolute atomic E-state index is 14.4. The first-order valence-electron chi connectivity index (χ1n) is 7.76. The lowest BCUT2D eigenvalue weighted by atomic mass is 10.2. The molecule has 3 aromatic rings. The molecule has 4 heterocycles. The third kappa shape index (κ3) is 1.80. The Bertz CT molecular complexity index is 1080. The summed E-state index contributed by atoms with van der Waals surface area (Å²) < 4.78 is 50.0. The Morgan fingerprint density at radius 3 is 2.69 bits per heavy atom. The van der Waals surface area contributed by atoms with E-state index in [4.69, 9.17) is 4.74 Å². The Morgan fingerprint density at radius 2 is 1.96 bits per heavy atom. The van der Waals surface area contributed by atoms with Gasteiger partial charge in [-0.3, -0.25) is 4.57 Å². The van der Waals surface area contributed by atoms with Crippen LogP contribution in [0.2, 0.25) is 0 Å². The van der Waals surface area contributed by atoms with E-state index in [0.717, 1.165) is 9.58 Å². The Kier molecular flexibility index (Phi) is 2.90. The highest BCUT2D eigenvalue weighted by Crippen LogP contribution is 2.51. The van der Waals surface area contributed by atoms with Gasteiger partial charge in [0.15, 0.2) is 0 Å². The van der Waals surface area contributed by atoms with Gasteiger partial charge in [0.05, 0.1) is 15.9 Å². The number of imidazole rings is 1. The number of nitrogens with zero attached hydrogens (tertiary/aromatic N) is 4. The number of halogens is 3. The van der Waals surface area contributed by atoms with Gasteiger partial charge in [-0.25, -0.2) is 4.98 Å². The lowest BCUT2D eigenvalue weighted by Gasteiger charge is -2.41. The molecule has 0 bridgehead atoms. The summed E-state index contributed by atoms with van der Waals surface area (Å²) in [6.07, 6.45) is -3.18. The highest BCUT2D eigenvalue weighted by atomic mass is 32.1. The molecule has 2 aromatic heterocycles. The summed E-state index contributed by atoms with van der Waals surface area (Å²) in [5.74, 6) is -2.67. The predicted molar refractivity (Wildman–Crippen MR) is 91.2 cm³/mol. The summed E-state index contributed by atoms with van der Waals surface area (Å²) in [7, 11) is 0. The van der Waals surface area contributed by atoms with Crippen molar-refractivity contribution >= 4 is 34.3 Å². The third-order valence-electron chi connectivity index (χ3n) is 4.38. The summed E-state index contributed by atoms with van der Waals surface area (Å²) in [6, 6.07) is 10.1. The number of rotatable bonds is 1. The van der Waals surface area contributed by atoms with E-state index >= 15 is 0 Å². The van der Waals surface area contributed by atoms with E-state index < -0.39 is 12.0 Å². The van der Waals surface area contributed by atoms with E-state index in [2.05, 4.69) is 10.1 Å². The fraction of sp³-hybridized carbons (Fsp3) is 0.176. The molecule has 9 heteroatoms. The van der Waals surface area contributed by atoms with Crippen LogP contribution in [0.3, 0.4) is 0 Å². The van der Waals surface area contributed by atoms with Gasteiger partial charge < -0.3 is 4.74 Å². The Hall–Kier alpha value is -2.81. The molecule has 0 spiro atoms. The number of thiophene rings is 1. The van der Waals surface area contributed by atoms with E-state index in [1.807, 2.05) is 0 Å². The topological polar surface area (TPSA) is 42.6 Å². The first-order chi connectivity index (χ1) is 12.4. The molecule has 0 saturated heterocycles. The second kappa shape index (κ2) is 4.88. The zero-order valence-electron chi connectivity index (χ0n) is 13.4. The molecule has 1 atom stereocenters. The molecule has 2 aliphatic rings. The summed E-state index contributed by atoms with van der Waals surface area (Å²) in [5, 5.41) is 6.81. The Balaban J connectivity index is 1.82. The normalized spacial score (nSPS) is 21.9. The fourth-order valence-corrected chi connectivity index (χ4v) is 3.97. The van der Waals surface area contributed by atoms with Gasteiger partial charge in [-0.2, -0.15) is 18.2 Å². The standard InChI is InChI=1S/C17H11F3N4OS/c1-10-9-14-21-11-5-2-3-6-12(11)23(14)17(16(18,19)20)24(10)22-15(25-17)13-7-4-8-26-13/h2-9H,1H3. The molecule has 5 rings (SSSR count). The third-order valence-corrected chi connectivity index (χ3v) is 5.24. The number of aromatic nitrogens is 2. The number of alkyl halides is 3. The van der Waals surface area contributed by atoms with Crippen molar-refractivity contribution in [3.8, 4) is 0 Å². The zero-order valence-corrected chi connectivity index (χ0v) is 14.2. The van der Waals surface area contributed by atoms with Gasteiger partial charge in [0, 0.05) is 11.8 Å². The first-order valence-corrected chi connectivity index (χ1v) is 8.64. The summed E-state index contributed by atoms with van der Waals surface area (Å²) >= 11 is 1.27. The molecule has 0 N–H and O–H groups in total. The number of para-hydroxylation sites is 2. The lowest BCUT2D eigenvalue weighted by molar-refractivity contribution is -0.333. The molecular weight excluding hydrogens is 365 g/mol. The van der Waals surface area contributed by atoms with Gasteiger partial charge >= 0.3 is 12.0 Å². The van der Waals surface area contributed by atoms with E-state index in [1.54, 1.807) is 54.8 Å². The molecule has 5 nitrogen and oxygen atoms in total. The van der Waals surface area contributed by atoms with Gasteiger partial charge in [-0.15, -0.1) is 16.4 Å². The summed E-state index contributed by atoms with van der Waals surface area (Å²) in [5.41, 5.74) is 1.10. The van der Waals surface area contributed by atoms with Crippen molar-refractivity contribution in [1.82, 2.24) is 14.6 Å². The van der Waals surface area contributed by atoms with Crippen molar-refractivity contribution in [2.45, 2.75) is 18.9 Å². The largest absolute Gasteiger partial charge is 0.474 e. The van der Waals surface area contributed by atoms with E-state index in [1.165, 1.54) is 11.3 Å². The minimum absolute atomic E-state index is 0.0595. The van der Waals surface area contributed by atoms with E-state index in [0.29, 0.717) is 21.6 Å². The number of ether oxygens (including phenoxy) is 1. The average Bonchev–Trinajstić information content (AvgIpc) is 3.30. The van der Waals surface area contributed by atoms with Crippen molar-refractivity contribution in [3.05, 3.63) is 58.2 Å². The van der Waals surface area contributed by atoms with Crippen LogP contribution in [0.1, 0.15) is 17.6 Å². The molecule has 2 aliphatic heterocycles. The minimum atomic E-state index is -4.76. The van der Waals surface area contributed by atoms with Gasteiger partial charge in [0.25, 0.3) is 5.90 Å². The van der Waals surface area contributed by atoms with Crippen LogP contribution in [0.15, 0.2) is 52.6 Å². The van der Waals surface area contributed by atoms with Crippen LogP contribution in [0.5, 0.6) is 0 Å². The monoisotopic (exact) mass is 376 g/mol. The van der Waals surface area contributed by atoms with Gasteiger partial charge in [0.1, 0.15) is 5.82 Å². The number of hydrogen-bond donors (Lipinski definition) is 0. The SMILES string of the molecule is CC1=Cc2nc3ccccc3n2C2(C(F)(F)F)OC(c3cccs3)=NN12. The molecule has 0 saturated carbocycles. The maximum atomic E-state index is 14.4. The van der Waals surface area contributed by atoms with Crippen LogP contribution >= 0.6 is 11.3 Å².